The summed E-state index contributed by atoms with van der Waals surface area (Å²) < 4.78 is 7.20. The van der Waals surface area contributed by atoms with Gasteiger partial charge in [0.1, 0.15) is 11.9 Å². The van der Waals surface area contributed by atoms with Gasteiger partial charge >= 0.3 is 0 Å². The van der Waals surface area contributed by atoms with Crippen LogP contribution in [0.25, 0.3) is 0 Å². The quantitative estimate of drug-likeness (QED) is 0.638. The number of ether oxygens (including phenoxy) is 1. The predicted octanol–water partition coefficient (Wildman–Crippen LogP) is 5.26. The lowest BCUT2D eigenvalue weighted by Gasteiger charge is -2.16. The number of rotatable bonds is 2. The number of halogens is 2. The number of hydrogen-bond donors (Lipinski definition) is 0. The minimum atomic E-state index is 0.187. The van der Waals surface area contributed by atoms with Gasteiger partial charge in [-0.2, -0.15) is 0 Å². The first-order chi connectivity index (χ1) is 8.65. The zero-order valence-corrected chi connectivity index (χ0v) is 13.8. The molecule has 0 radical (unpaired) electrons. The third kappa shape index (κ3) is 2.26. The van der Waals surface area contributed by atoms with Crippen molar-refractivity contribution in [2.45, 2.75) is 24.3 Å². The summed E-state index contributed by atoms with van der Waals surface area (Å²) in [5, 5.41) is 0. The third-order valence-electron chi connectivity index (χ3n) is 3.15. The summed E-state index contributed by atoms with van der Waals surface area (Å²) in [6.07, 6.45) is 1.16. The minimum absolute atomic E-state index is 0.187. The van der Waals surface area contributed by atoms with Gasteiger partial charge in [0.15, 0.2) is 0 Å². The first-order valence-electron chi connectivity index (χ1n) is 5.79. The van der Waals surface area contributed by atoms with Crippen molar-refractivity contribution in [3.05, 3.63) is 50.1 Å². The van der Waals surface area contributed by atoms with E-state index < -0.39 is 0 Å². The van der Waals surface area contributed by atoms with Crippen LogP contribution in [0.5, 0.6) is 5.75 Å². The number of para-hydroxylation sites is 1. The van der Waals surface area contributed by atoms with Crippen LogP contribution < -0.4 is 4.74 Å². The molecule has 0 spiro atoms. The molecule has 4 heteroatoms. The topological polar surface area (TPSA) is 9.23 Å². The molecule has 3 rings (SSSR count). The monoisotopic (exact) mass is 386 g/mol. The lowest BCUT2D eigenvalue weighted by Crippen LogP contribution is -2.18. The van der Waals surface area contributed by atoms with E-state index in [1.165, 1.54) is 19.8 Å². The van der Waals surface area contributed by atoms with Crippen LogP contribution in [-0.2, 0) is 6.42 Å². The number of fused-ring (bicyclic) bond motifs is 1. The van der Waals surface area contributed by atoms with Crippen LogP contribution in [0.4, 0.5) is 0 Å². The van der Waals surface area contributed by atoms with Crippen molar-refractivity contribution in [3.8, 4) is 5.75 Å². The molecule has 2 aromatic rings. The van der Waals surface area contributed by atoms with Gasteiger partial charge in [0.05, 0.1) is 4.83 Å². The van der Waals surface area contributed by atoms with Crippen LogP contribution in [0.15, 0.2) is 34.8 Å². The highest BCUT2D eigenvalue weighted by molar-refractivity contribution is 9.10. The van der Waals surface area contributed by atoms with Crippen LogP contribution in [0.1, 0.15) is 20.1 Å². The molecule has 2 atom stereocenters. The van der Waals surface area contributed by atoms with Gasteiger partial charge in [0.25, 0.3) is 0 Å². The van der Waals surface area contributed by atoms with Crippen molar-refractivity contribution < 1.29 is 4.74 Å². The second kappa shape index (κ2) is 4.99. The Morgan fingerprint density at radius 1 is 1.39 bits per heavy atom. The van der Waals surface area contributed by atoms with Crippen molar-refractivity contribution >= 4 is 43.2 Å². The summed E-state index contributed by atoms with van der Waals surface area (Å²) in [6, 6.07) is 10.5. The molecule has 0 N–H and O–H groups in total. The highest BCUT2D eigenvalue weighted by atomic mass is 79.9. The van der Waals surface area contributed by atoms with E-state index in [2.05, 4.69) is 57.0 Å². The van der Waals surface area contributed by atoms with E-state index in [1.807, 2.05) is 23.5 Å². The SMILES string of the molecule is Cc1sc(C(Br)C2Cc3ccccc3O2)cc1Br. The van der Waals surface area contributed by atoms with Crippen molar-refractivity contribution in [3.63, 3.8) is 0 Å². The van der Waals surface area contributed by atoms with Crippen LogP contribution in [0.2, 0.25) is 0 Å². The summed E-state index contributed by atoms with van der Waals surface area (Å²) in [4.78, 5) is 2.88. The molecule has 0 amide bonds. The van der Waals surface area contributed by atoms with E-state index in [0.29, 0.717) is 0 Å². The van der Waals surface area contributed by atoms with Crippen molar-refractivity contribution in [2.75, 3.05) is 0 Å². The Bertz CT molecular complexity index is 534. The summed E-state index contributed by atoms with van der Waals surface area (Å²) >= 11 is 9.17. The average molecular weight is 388 g/mol. The third-order valence-corrected chi connectivity index (χ3v) is 6.75. The minimum Gasteiger partial charge on any atom is -0.488 e. The predicted molar refractivity (Wildman–Crippen MR) is 83.0 cm³/mol. The molecule has 0 saturated carbocycles. The van der Waals surface area contributed by atoms with Gasteiger partial charge in [-0.3, -0.25) is 0 Å². The molecule has 2 heterocycles. The van der Waals surface area contributed by atoms with Crippen LogP contribution >= 0.6 is 43.2 Å². The van der Waals surface area contributed by atoms with Crippen molar-refractivity contribution in [1.29, 1.82) is 0 Å². The summed E-state index contributed by atoms with van der Waals surface area (Å²) in [5.74, 6) is 1.03. The van der Waals surface area contributed by atoms with Gasteiger partial charge in [-0.05, 0) is 40.5 Å². The zero-order valence-electron chi connectivity index (χ0n) is 9.82. The average Bonchev–Trinajstić information content (AvgIpc) is 2.93. The zero-order chi connectivity index (χ0) is 12.7. The molecule has 1 aromatic heterocycles. The molecule has 18 heavy (non-hydrogen) atoms. The molecule has 0 bridgehead atoms. The molecule has 0 fully saturated rings. The van der Waals surface area contributed by atoms with E-state index >= 15 is 0 Å². The Morgan fingerprint density at radius 2 is 2.17 bits per heavy atom. The first kappa shape index (κ1) is 12.7. The highest BCUT2D eigenvalue weighted by Gasteiger charge is 2.30. The van der Waals surface area contributed by atoms with Gasteiger partial charge in [0.2, 0.25) is 0 Å². The fourth-order valence-corrected chi connectivity index (χ4v) is 4.47. The number of hydrogen-bond acceptors (Lipinski definition) is 2. The largest absolute Gasteiger partial charge is 0.488 e. The fraction of sp³-hybridized carbons (Fsp3) is 0.286. The van der Waals surface area contributed by atoms with Crippen molar-refractivity contribution in [2.24, 2.45) is 0 Å². The molecular weight excluding hydrogens is 376 g/mol. The molecule has 2 unspecified atom stereocenters. The number of thiophene rings is 1. The van der Waals surface area contributed by atoms with E-state index in [9.17, 15) is 0 Å². The van der Waals surface area contributed by atoms with Gasteiger partial charge in [-0.25, -0.2) is 0 Å². The maximum atomic E-state index is 6.02. The maximum absolute atomic E-state index is 6.02. The fourth-order valence-electron chi connectivity index (χ4n) is 2.17. The summed E-state index contributed by atoms with van der Waals surface area (Å²) in [5.41, 5.74) is 1.30. The van der Waals surface area contributed by atoms with Gasteiger partial charge in [0, 0.05) is 20.6 Å². The Morgan fingerprint density at radius 3 is 2.83 bits per heavy atom. The van der Waals surface area contributed by atoms with Crippen molar-refractivity contribution in [1.82, 2.24) is 0 Å². The second-order valence-corrected chi connectivity index (χ2v) is 7.55. The number of benzene rings is 1. The van der Waals surface area contributed by atoms with E-state index in [1.54, 1.807) is 0 Å². The molecule has 0 aliphatic carbocycles. The van der Waals surface area contributed by atoms with E-state index in [4.69, 9.17) is 4.74 Å². The molecule has 1 aromatic carbocycles. The highest BCUT2D eigenvalue weighted by Crippen LogP contribution is 2.42. The summed E-state index contributed by atoms with van der Waals surface area (Å²) in [7, 11) is 0. The molecule has 1 aliphatic rings. The molecule has 1 aliphatic heterocycles. The lowest BCUT2D eigenvalue weighted by atomic mass is 10.1. The Hall–Kier alpha value is -0.320. The number of aryl methyl sites for hydroxylation is 1. The molecule has 0 saturated heterocycles. The van der Waals surface area contributed by atoms with Crippen LogP contribution in [0, 0.1) is 6.92 Å². The van der Waals surface area contributed by atoms with Gasteiger partial charge in [-0.15, -0.1) is 11.3 Å². The first-order valence-corrected chi connectivity index (χ1v) is 8.32. The maximum Gasteiger partial charge on any atom is 0.123 e. The smallest absolute Gasteiger partial charge is 0.123 e. The van der Waals surface area contributed by atoms with Crippen LogP contribution in [0.3, 0.4) is 0 Å². The molecule has 94 valence electrons. The standard InChI is InChI=1S/C14H12Br2OS/c1-8-10(15)7-13(18-8)14(16)12-6-9-4-2-3-5-11(9)17-12/h2-5,7,12,14H,6H2,1H3. The lowest BCUT2D eigenvalue weighted by molar-refractivity contribution is 0.233. The molecule has 1 nitrogen and oxygen atoms in total. The van der Waals surface area contributed by atoms with Gasteiger partial charge < -0.3 is 4.74 Å². The Labute approximate surface area is 127 Å². The Kier molecular flexibility index (Phi) is 3.52. The van der Waals surface area contributed by atoms with Gasteiger partial charge in [-0.1, -0.05) is 34.1 Å². The summed E-state index contributed by atoms with van der Waals surface area (Å²) in [6.45, 7) is 2.13. The molecular formula is C14H12Br2OS. The Balaban J connectivity index is 1.82. The second-order valence-electron chi connectivity index (χ2n) is 4.42. The van der Waals surface area contributed by atoms with E-state index in [-0.39, 0.29) is 10.9 Å². The number of alkyl halides is 1. The normalized spacial score (nSPS) is 19.4. The van der Waals surface area contributed by atoms with Crippen LogP contribution in [-0.4, -0.2) is 6.10 Å². The van der Waals surface area contributed by atoms with E-state index in [0.717, 1.165) is 12.2 Å².